The third kappa shape index (κ3) is 3.93. The average molecular weight is 389 g/mol. The number of benzene rings is 2. The van der Waals surface area contributed by atoms with Crippen LogP contribution < -0.4 is 19.8 Å². The van der Waals surface area contributed by atoms with Gasteiger partial charge in [0.1, 0.15) is 0 Å². The lowest BCUT2D eigenvalue weighted by atomic mass is 10.0. The van der Waals surface area contributed by atoms with E-state index in [1.807, 2.05) is 6.07 Å². The summed E-state index contributed by atoms with van der Waals surface area (Å²) in [5, 5.41) is 5.54. The Balaban J connectivity index is 2.13. The predicted molar refractivity (Wildman–Crippen MR) is 104 cm³/mol. The minimum absolute atomic E-state index is 0.235. The summed E-state index contributed by atoms with van der Waals surface area (Å²) in [6.07, 6.45) is 0.424. The standard InChI is InChI=1S/C18H19N3O5S/c1-21-18(22)14-10-17(26-3)16(25-2)9-13(14)15(19-21)8-11-5-4-6-12(7-11)20-27(23)24/h4-7,9-10,20H,8H2,1-3H3,(H,23,24). The van der Waals surface area contributed by atoms with Gasteiger partial charge < -0.3 is 9.47 Å². The van der Waals surface area contributed by atoms with E-state index in [9.17, 15) is 9.00 Å². The highest BCUT2D eigenvalue weighted by Crippen LogP contribution is 2.32. The molecule has 0 radical (unpaired) electrons. The van der Waals surface area contributed by atoms with Crippen LogP contribution in [0.25, 0.3) is 10.8 Å². The number of anilines is 1. The summed E-state index contributed by atoms with van der Waals surface area (Å²) in [6, 6.07) is 10.5. The molecular weight excluding hydrogens is 370 g/mol. The topological polar surface area (TPSA) is 103 Å². The van der Waals surface area contributed by atoms with Crippen molar-refractivity contribution in [3.8, 4) is 11.5 Å². The molecule has 0 spiro atoms. The minimum atomic E-state index is -2.15. The Morgan fingerprint density at radius 3 is 2.44 bits per heavy atom. The van der Waals surface area contributed by atoms with E-state index in [-0.39, 0.29) is 5.56 Å². The van der Waals surface area contributed by atoms with Crippen LogP contribution in [0.4, 0.5) is 5.69 Å². The number of hydrogen-bond acceptors (Lipinski definition) is 5. The Hall–Kier alpha value is -2.91. The summed E-state index contributed by atoms with van der Waals surface area (Å²) >= 11 is -2.15. The van der Waals surface area contributed by atoms with Crippen LogP contribution in [0, 0.1) is 0 Å². The summed E-state index contributed by atoms with van der Waals surface area (Å²) in [5.41, 5.74) is 1.82. The van der Waals surface area contributed by atoms with Crippen LogP contribution in [0.1, 0.15) is 11.3 Å². The SMILES string of the molecule is COc1cc2c(Cc3cccc(NS(=O)O)c3)nn(C)c(=O)c2cc1OC. The van der Waals surface area contributed by atoms with Crippen molar-refractivity contribution >= 4 is 27.7 Å². The summed E-state index contributed by atoms with van der Waals surface area (Å²) in [6.45, 7) is 0. The Labute approximate surface area is 158 Å². The van der Waals surface area contributed by atoms with E-state index in [2.05, 4.69) is 9.82 Å². The monoisotopic (exact) mass is 389 g/mol. The number of aromatic nitrogens is 2. The second-order valence-electron chi connectivity index (χ2n) is 5.86. The maximum absolute atomic E-state index is 12.5. The van der Waals surface area contributed by atoms with Crippen molar-refractivity contribution in [3.05, 3.63) is 58.0 Å². The summed E-state index contributed by atoms with van der Waals surface area (Å²) in [5.74, 6) is 0.975. The van der Waals surface area contributed by atoms with Gasteiger partial charge in [-0.1, -0.05) is 12.1 Å². The van der Waals surface area contributed by atoms with E-state index in [1.54, 1.807) is 37.4 Å². The number of aryl methyl sites for hydroxylation is 1. The van der Waals surface area contributed by atoms with E-state index < -0.39 is 11.3 Å². The van der Waals surface area contributed by atoms with Gasteiger partial charge in [0, 0.05) is 24.5 Å². The van der Waals surface area contributed by atoms with Gasteiger partial charge in [0.25, 0.3) is 16.8 Å². The molecule has 0 fully saturated rings. The lowest BCUT2D eigenvalue weighted by Crippen LogP contribution is -2.21. The van der Waals surface area contributed by atoms with Crippen LogP contribution in [-0.2, 0) is 24.7 Å². The lowest BCUT2D eigenvalue weighted by Gasteiger charge is -2.13. The highest BCUT2D eigenvalue weighted by Gasteiger charge is 2.15. The van der Waals surface area contributed by atoms with Gasteiger partial charge >= 0.3 is 0 Å². The first kappa shape index (κ1) is 18.9. The second kappa shape index (κ2) is 7.77. The highest BCUT2D eigenvalue weighted by molar-refractivity contribution is 7.80. The van der Waals surface area contributed by atoms with Gasteiger partial charge in [-0.05, 0) is 29.8 Å². The summed E-state index contributed by atoms with van der Waals surface area (Å²) < 4.78 is 34.3. The minimum Gasteiger partial charge on any atom is -0.493 e. The largest absolute Gasteiger partial charge is 0.493 e. The van der Waals surface area contributed by atoms with Crippen LogP contribution in [-0.4, -0.2) is 32.8 Å². The molecule has 3 aromatic rings. The van der Waals surface area contributed by atoms with Crippen molar-refractivity contribution in [1.29, 1.82) is 0 Å². The van der Waals surface area contributed by atoms with E-state index in [1.165, 1.54) is 18.9 Å². The Morgan fingerprint density at radius 1 is 1.15 bits per heavy atom. The van der Waals surface area contributed by atoms with Crippen LogP contribution in [0.2, 0.25) is 0 Å². The molecule has 8 nitrogen and oxygen atoms in total. The summed E-state index contributed by atoms with van der Waals surface area (Å²) in [4.78, 5) is 12.5. The molecule has 2 N–H and O–H groups in total. The molecule has 1 unspecified atom stereocenters. The molecule has 1 heterocycles. The molecule has 0 saturated carbocycles. The number of nitrogens with zero attached hydrogens (tertiary/aromatic N) is 2. The van der Waals surface area contributed by atoms with Crippen LogP contribution in [0.3, 0.4) is 0 Å². The molecule has 0 aliphatic heterocycles. The molecule has 0 bridgehead atoms. The third-order valence-corrected chi connectivity index (χ3v) is 4.54. The normalized spacial score (nSPS) is 12.0. The molecule has 0 aliphatic rings. The molecule has 27 heavy (non-hydrogen) atoms. The Morgan fingerprint density at radius 2 is 1.81 bits per heavy atom. The summed E-state index contributed by atoms with van der Waals surface area (Å²) in [7, 11) is 4.64. The van der Waals surface area contributed by atoms with Gasteiger partial charge in [-0.15, -0.1) is 0 Å². The van der Waals surface area contributed by atoms with Crippen molar-refractivity contribution in [1.82, 2.24) is 9.78 Å². The molecule has 3 rings (SSSR count). The number of nitrogens with one attached hydrogen (secondary N) is 1. The van der Waals surface area contributed by atoms with E-state index >= 15 is 0 Å². The average Bonchev–Trinajstić information content (AvgIpc) is 2.64. The molecule has 2 aromatic carbocycles. The zero-order valence-electron chi connectivity index (χ0n) is 15.1. The first-order valence-electron chi connectivity index (χ1n) is 8.01. The van der Waals surface area contributed by atoms with Crippen LogP contribution >= 0.6 is 0 Å². The number of rotatable bonds is 6. The van der Waals surface area contributed by atoms with Gasteiger partial charge in [-0.3, -0.25) is 14.1 Å². The molecular formula is C18H19N3O5S. The van der Waals surface area contributed by atoms with E-state index in [0.29, 0.717) is 40.1 Å². The number of hydrogen-bond donors (Lipinski definition) is 2. The van der Waals surface area contributed by atoms with Crippen molar-refractivity contribution in [3.63, 3.8) is 0 Å². The molecule has 1 aromatic heterocycles. The fourth-order valence-electron chi connectivity index (χ4n) is 2.92. The van der Waals surface area contributed by atoms with Gasteiger partial charge in [-0.2, -0.15) is 5.10 Å². The Bertz CT molecular complexity index is 1080. The van der Waals surface area contributed by atoms with Gasteiger partial charge in [0.15, 0.2) is 11.5 Å². The Kier molecular flexibility index (Phi) is 5.43. The fourth-order valence-corrected chi connectivity index (χ4v) is 3.25. The van der Waals surface area contributed by atoms with Gasteiger partial charge in [0.2, 0.25) is 0 Å². The maximum atomic E-state index is 12.5. The zero-order valence-corrected chi connectivity index (χ0v) is 15.9. The third-order valence-electron chi connectivity index (χ3n) is 4.13. The highest BCUT2D eigenvalue weighted by atomic mass is 32.2. The molecule has 1 atom stereocenters. The number of methoxy groups -OCH3 is 2. The lowest BCUT2D eigenvalue weighted by molar-refractivity contribution is 0.355. The van der Waals surface area contributed by atoms with Crippen molar-refractivity contribution in [2.75, 3.05) is 18.9 Å². The van der Waals surface area contributed by atoms with Crippen LogP contribution in [0.15, 0.2) is 41.2 Å². The van der Waals surface area contributed by atoms with E-state index in [0.717, 1.165) is 5.56 Å². The smallest absolute Gasteiger partial charge is 0.274 e. The van der Waals surface area contributed by atoms with Gasteiger partial charge in [0.05, 0.1) is 25.3 Å². The fraction of sp³-hybridized carbons (Fsp3) is 0.222. The van der Waals surface area contributed by atoms with Crippen molar-refractivity contribution < 1.29 is 18.2 Å². The quantitative estimate of drug-likeness (QED) is 0.626. The molecule has 0 amide bonds. The molecule has 0 saturated heterocycles. The van der Waals surface area contributed by atoms with E-state index in [4.69, 9.17) is 14.0 Å². The predicted octanol–water partition coefficient (Wildman–Crippen LogP) is 2.09. The zero-order chi connectivity index (χ0) is 19.6. The number of fused-ring (bicyclic) bond motifs is 1. The second-order valence-corrected chi connectivity index (χ2v) is 6.56. The molecule has 0 aliphatic carbocycles. The maximum Gasteiger partial charge on any atom is 0.274 e. The van der Waals surface area contributed by atoms with Crippen molar-refractivity contribution in [2.45, 2.75) is 6.42 Å². The first-order chi connectivity index (χ1) is 12.9. The van der Waals surface area contributed by atoms with Crippen molar-refractivity contribution in [2.24, 2.45) is 7.05 Å². The molecule has 142 valence electrons. The first-order valence-corrected chi connectivity index (χ1v) is 9.12. The van der Waals surface area contributed by atoms with Crippen LogP contribution in [0.5, 0.6) is 11.5 Å². The van der Waals surface area contributed by atoms with Gasteiger partial charge in [-0.25, -0.2) is 8.89 Å². The molecule has 9 heteroatoms. The number of ether oxygens (including phenoxy) is 2.